The van der Waals surface area contributed by atoms with Gasteiger partial charge in [0, 0.05) is 5.69 Å². The number of hydrogen-bond acceptors (Lipinski definition) is 6. The van der Waals surface area contributed by atoms with Crippen molar-refractivity contribution < 1.29 is 23.9 Å². The first-order valence-corrected chi connectivity index (χ1v) is 11.1. The molecule has 7 nitrogen and oxygen atoms in total. The Morgan fingerprint density at radius 1 is 1.12 bits per heavy atom. The summed E-state index contributed by atoms with van der Waals surface area (Å²) in [6, 6.07) is 10.9. The predicted molar refractivity (Wildman–Crippen MR) is 126 cm³/mol. The molecule has 0 unspecified atom stereocenters. The molecule has 0 atom stereocenters. The second-order valence-electron chi connectivity index (χ2n) is 7.39. The predicted octanol–water partition coefficient (Wildman–Crippen LogP) is 4.78. The summed E-state index contributed by atoms with van der Waals surface area (Å²) in [4.78, 5) is 38.8. The maximum absolute atomic E-state index is 12.8. The van der Waals surface area contributed by atoms with Gasteiger partial charge in [0.2, 0.25) is 5.91 Å². The Balaban J connectivity index is 1.71. The van der Waals surface area contributed by atoms with Crippen LogP contribution in [0, 0.1) is 13.8 Å². The first-order valence-electron chi connectivity index (χ1n) is 10.3. The lowest BCUT2D eigenvalue weighted by atomic mass is 10.1. The molecule has 0 aromatic heterocycles. The Morgan fingerprint density at radius 2 is 1.91 bits per heavy atom. The van der Waals surface area contributed by atoms with Crippen LogP contribution in [0.2, 0.25) is 0 Å². The van der Waals surface area contributed by atoms with Gasteiger partial charge < -0.3 is 14.8 Å². The van der Waals surface area contributed by atoms with E-state index in [0.717, 1.165) is 34.2 Å². The minimum atomic E-state index is -0.499. The Hall–Kier alpha value is -3.26. The van der Waals surface area contributed by atoms with Gasteiger partial charge in [-0.15, -0.1) is 0 Å². The van der Waals surface area contributed by atoms with Crippen molar-refractivity contribution in [2.24, 2.45) is 0 Å². The summed E-state index contributed by atoms with van der Waals surface area (Å²) in [6.45, 7) is 6.09. The second-order valence-corrected chi connectivity index (χ2v) is 8.39. The molecule has 0 bridgehead atoms. The first-order chi connectivity index (χ1) is 15.3. The third kappa shape index (κ3) is 5.50. The highest BCUT2D eigenvalue weighted by Crippen LogP contribution is 2.34. The van der Waals surface area contributed by atoms with Crippen molar-refractivity contribution >= 4 is 40.6 Å². The number of thioether (sulfide) groups is 1. The fourth-order valence-electron chi connectivity index (χ4n) is 3.18. The van der Waals surface area contributed by atoms with Gasteiger partial charge in [-0.3, -0.25) is 19.3 Å². The lowest BCUT2D eigenvalue weighted by molar-refractivity contribution is -0.127. The molecule has 1 N–H and O–H groups in total. The average molecular weight is 455 g/mol. The Morgan fingerprint density at radius 3 is 2.59 bits per heavy atom. The number of ether oxygens (including phenoxy) is 2. The van der Waals surface area contributed by atoms with E-state index in [9.17, 15) is 14.4 Å². The van der Waals surface area contributed by atoms with E-state index in [0.29, 0.717) is 29.4 Å². The van der Waals surface area contributed by atoms with Crippen LogP contribution in [-0.4, -0.2) is 42.2 Å². The van der Waals surface area contributed by atoms with E-state index in [-0.39, 0.29) is 11.4 Å². The summed E-state index contributed by atoms with van der Waals surface area (Å²) in [5.41, 5.74) is 3.34. The molecule has 1 fully saturated rings. The first kappa shape index (κ1) is 23.4. The maximum Gasteiger partial charge on any atom is 0.294 e. The maximum atomic E-state index is 12.8. The summed E-state index contributed by atoms with van der Waals surface area (Å²) >= 11 is 0.808. The number of hydrogen-bond donors (Lipinski definition) is 1. The van der Waals surface area contributed by atoms with Crippen LogP contribution in [0.1, 0.15) is 30.0 Å². The summed E-state index contributed by atoms with van der Waals surface area (Å²) in [5, 5.41) is 2.28. The van der Waals surface area contributed by atoms with Crippen LogP contribution in [0.3, 0.4) is 0 Å². The van der Waals surface area contributed by atoms with Gasteiger partial charge in [0.05, 0.1) is 18.6 Å². The molecule has 0 aliphatic carbocycles. The fourth-order valence-corrected chi connectivity index (χ4v) is 4.02. The summed E-state index contributed by atoms with van der Waals surface area (Å²) < 4.78 is 11.0. The molecule has 0 saturated carbocycles. The highest BCUT2D eigenvalue weighted by atomic mass is 32.2. The molecule has 3 rings (SSSR count). The van der Waals surface area contributed by atoms with Gasteiger partial charge >= 0.3 is 0 Å². The molecule has 8 heteroatoms. The van der Waals surface area contributed by atoms with Gasteiger partial charge in [0.25, 0.3) is 11.1 Å². The molecule has 3 amide bonds. The molecular weight excluding hydrogens is 428 g/mol. The van der Waals surface area contributed by atoms with E-state index in [1.807, 2.05) is 32.9 Å². The number of carbonyl (C=O) groups is 3. The topological polar surface area (TPSA) is 84.9 Å². The third-order valence-electron chi connectivity index (χ3n) is 4.78. The zero-order valence-corrected chi connectivity index (χ0v) is 19.4. The van der Waals surface area contributed by atoms with Crippen LogP contribution in [0.5, 0.6) is 11.5 Å². The summed E-state index contributed by atoms with van der Waals surface area (Å²) in [6.07, 6.45) is 2.48. The van der Waals surface area contributed by atoms with E-state index >= 15 is 0 Å². The van der Waals surface area contributed by atoms with E-state index in [4.69, 9.17) is 9.47 Å². The van der Waals surface area contributed by atoms with Crippen molar-refractivity contribution in [2.45, 2.75) is 27.2 Å². The van der Waals surface area contributed by atoms with Crippen LogP contribution in [0.15, 0.2) is 41.3 Å². The molecule has 1 aliphatic heterocycles. The number of anilines is 1. The Labute approximate surface area is 191 Å². The van der Waals surface area contributed by atoms with Crippen molar-refractivity contribution in [1.29, 1.82) is 0 Å². The average Bonchev–Trinajstić information content (AvgIpc) is 3.02. The van der Waals surface area contributed by atoms with Crippen LogP contribution >= 0.6 is 11.8 Å². The number of carbonyl (C=O) groups excluding carboxylic acids is 3. The van der Waals surface area contributed by atoms with Crippen molar-refractivity contribution in [3.8, 4) is 11.5 Å². The lowest BCUT2D eigenvalue weighted by Gasteiger charge is -2.14. The monoisotopic (exact) mass is 454 g/mol. The van der Waals surface area contributed by atoms with Crippen molar-refractivity contribution in [1.82, 2.24) is 4.90 Å². The van der Waals surface area contributed by atoms with Gasteiger partial charge in [0.1, 0.15) is 6.54 Å². The molecular formula is C24H26N2O5S. The molecule has 1 saturated heterocycles. The standard InChI is InChI=1S/C24H26N2O5S/c1-5-10-31-19-9-7-17(12-20(19)30-4)13-21-23(28)26(24(29)32-21)14-22(27)25-18-8-6-15(2)11-16(18)3/h6-9,11-13H,5,10,14H2,1-4H3,(H,25,27)/b21-13-. The lowest BCUT2D eigenvalue weighted by Crippen LogP contribution is -2.36. The SMILES string of the molecule is CCCOc1ccc(/C=C2\SC(=O)N(CC(=O)Nc3ccc(C)cc3C)C2=O)cc1OC. The number of nitrogens with one attached hydrogen (secondary N) is 1. The van der Waals surface area contributed by atoms with Crippen LogP contribution < -0.4 is 14.8 Å². The van der Waals surface area contributed by atoms with E-state index in [2.05, 4.69) is 5.32 Å². The molecule has 0 radical (unpaired) electrons. The zero-order valence-electron chi connectivity index (χ0n) is 18.6. The van der Waals surface area contributed by atoms with Crippen molar-refractivity contribution in [2.75, 3.05) is 25.6 Å². The van der Waals surface area contributed by atoms with Crippen LogP contribution in [0.25, 0.3) is 6.08 Å². The Kier molecular flexibility index (Phi) is 7.58. The summed E-state index contributed by atoms with van der Waals surface area (Å²) in [7, 11) is 1.54. The van der Waals surface area contributed by atoms with E-state index < -0.39 is 17.1 Å². The molecule has 1 heterocycles. The van der Waals surface area contributed by atoms with Crippen molar-refractivity contribution in [3.63, 3.8) is 0 Å². The minimum Gasteiger partial charge on any atom is -0.493 e. The largest absolute Gasteiger partial charge is 0.493 e. The number of nitrogens with zero attached hydrogens (tertiary/aromatic N) is 1. The smallest absolute Gasteiger partial charge is 0.294 e. The second kappa shape index (κ2) is 10.4. The molecule has 0 spiro atoms. The molecule has 32 heavy (non-hydrogen) atoms. The van der Waals surface area contributed by atoms with Gasteiger partial charge in [-0.05, 0) is 67.4 Å². The van der Waals surface area contributed by atoms with Crippen LogP contribution in [-0.2, 0) is 9.59 Å². The number of methoxy groups -OCH3 is 1. The number of amides is 3. The number of rotatable bonds is 8. The molecule has 2 aromatic carbocycles. The number of benzene rings is 2. The third-order valence-corrected chi connectivity index (χ3v) is 5.69. The quantitative estimate of drug-likeness (QED) is 0.578. The van der Waals surface area contributed by atoms with Gasteiger partial charge in [0.15, 0.2) is 11.5 Å². The highest BCUT2D eigenvalue weighted by Gasteiger charge is 2.36. The zero-order chi connectivity index (χ0) is 23.3. The molecule has 1 aliphatic rings. The molecule has 2 aromatic rings. The van der Waals surface area contributed by atoms with E-state index in [1.54, 1.807) is 37.5 Å². The number of imide groups is 1. The van der Waals surface area contributed by atoms with Crippen LogP contribution in [0.4, 0.5) is 10.5 Å². The van der Waals surface area contributed by atoms with Gasteiger partial charge in [-0.2, -0.15) is 0 Å². The molecule has 168 valence electrons. The normalized spacial score (nSPS) is 14.8. The Bertz CT molecular complexity index is 1080. The van der Waals surface area contributed by atoms with Gasteiger partial charge in [-0.25, -0.2) is 0 Å². The number of aryl methyl sites for hydroxylation is 2. The fraction of sp³-hybridized carbons (Fsp3) is 0.292. The highest BCUT2D eigenvalue weighted by molar-refractivity contribution is 8.18. The summed E-state index contributed by atoms with van der Waals surface area (Å²) in [5.74, 6) is 0.225. The minimum absolute atomic E-state index is 0.249. The van der Waals surface area contributed by atoms with Gasteiger partial charge in [-0.1, -0.05) is 30.7 Å². The van der Waals surface area contributed by atoms with Crippen molar-refractivity contribution in [3.05, 3.63) is 58.0 Å². The van der Waals surface area contributed by atoms with E-state index in [1.165, 1.54) is 0 Å².